The molecule has 0 bridgehead atoms. The number of sulfone groups is 1. The molecule has 1 saturated heterocycles. The van der Waals surface area contributed by atoms with Crippen molar-refractivity contribution in [1.29, 1.82) is 0 Å². The van der Waals surface area contributed by atoms with Crippen LogP contribution in [0.3, 0.4) is 0 Å². The van der Waals surface area contributed by atoms with Gasteiger partial charge in [0.15, 0.2) is 21.4 Å². The average molecular weight is 511 g/mol. The quantitative estimate of drug-likeness (QED) is 0.539. The number of aromatic nitrogens is 2. The third-order valence-corrected chi connectivity index (χ3v) is 6.62. The highest BCUT2D eigenvalue weighted by molar-refractivity contribution is 7.90. The number of hydrogen-bond donors (Lipinski definition) is 1. The van der Waals surface area contributed by atoms with E-state index in [1.165, 1.54) is 36.4 Å². The number of carbonyl (C=O) groups excluding carboxylic acids is 1. The van der Waals surface area contributed by atoms with Crippen LogP contribution in [0.5, 0.6) is 5.75 Å². The molecule has 1 aliphatic rings. The summed E-state index contributed by atoms with van der Waals surface area (Å²) in [7, 11) is -2.07. The first-order chi connectivity index (χ1) is 15.9. The van der Waals surface area contributed by atoms with Crippen molar-refractivity contribution >= 4 is 38.7 Å². The number of anilines is 2. The minimum Gasteiger partial charge on any atom is -0.493 e. The molecule has 34 heavy (non-hydrogen) atoms. The normalized spacial score (nSPS) is 15.1. The third-order valence-electron chi connectivity index (χ3n) is 5.31. The smallest absolute Gasteiger partial charge is 0.282 e. The molecule has 3 aromatic rings. The Kier molecular flexibility index (Phi) is 6.03. The van der Waals surface area contributed by atoms with Gasteiger partial charge < -0.3 is 19.5 Å². The monoisotopic (exact) mass is 510 g/mol. The second-order valence-corrected chi connectivity index (χ2v) is 10.5. The summed E-state index contributed by atoms with van der Waals surface area (Å²) in [5.74, 6) is -2.46. The zero-order valence-electron chi connectivity index (χ0n) is 18.5. The number of ether oxygens (including phenoxy) is 1. The SMILES string of the molecule is COc1cc(N2CC(F)(F)C2)cnc1-n1cc(C(=O)Nc2cc(Cl)cc(S(C)(=O)=O)c2)cc1C. The summed E-state index contributed by atoms with van der Waals surface area (Å²) >= 11 is 6.01. The summed E-state index contributed by atoms with van der Waals surface area (Å²) in [6, 6.07) is 7.32. The molecule has 0 radical (unpaired) electrons. The maximum Gasteiger partial charge on any atom is 0.282 e. The van der Waals surface area contributed by atoms with Crippen molar-refractivity contribution in [2.75, 3.05) is 36.7 Å². The first-order valence-electron chi connectivity index (χ1n) is 10.0. The number of carbonyl (C=O) groups is 1. The molecule has 0 atom stereocenters. The molecule has 3 heterocycles. The van der Waals surface area contributed by atoms with E-state index in [0.717, 1.165) is 6.26 Å². The molecular weight excluding hydrogens is 490 g/mol. The molecule has 1 amide bonds. The Labute approximate surface area is 200 Å². The Hall–Kier alpha value is -3.18. The molecule has 1 aliphatic heterocycles. The Balaban J connectivity index is 1.59. The molecule has 0 spiro atoms. The van der Waals surface area contributed by atoms with Crippen LogP contribution < -0.4 is 15.0 Å². The number of pyridine rings is 1. The number of amides is 1. The van der Waals surface area contributed by atoms with Crippen molar-refractivity contribution < 1.29 is 26.7 Å². The van der Waals surface area contributed by atoms with Gasteiger partial charge in [-0.25, -0.2) is 22.2 Å². The van der Waals surface area contributed by atoms with E-state index >= 15 is 0 Å². The van der Waals surface area contributed by atoms with E-state index in [2.05, 4.69) is 10.3 Å². The van der Waals surface area contributed by atoms with E-state index in [1.54, 1.807) is 29.8 Å². The highest BCUT2D eigenvalue weighted by atomic mass is 35.5. The molecule has 180 valence electrons. The number of aryl methyl sites for hydroxylation is 1. The van der Waals surface area contributed by atoms with Crippen LogP contribution in [0.1, 0.15) is 16.1 Å². The minimum atomic E-state index is -3.52. The fourth-order valence-electron chi connectivity index (χ4n) is 3.60. The van der Waals surface area contributed by atoms with Gasteiger partial charge in [-0.05, 0) is 31.2 Å². The summed E-state index contributed by atoms with van der Waals surface area (Å²) in [4.78, 5) is 18.7. The Morgan fingerprint density at radius 1 is 1.21 bits per heavy atom. The van der Waals surface area contributed by atoms with Crippen molar-refractivity contribution in [2.45, 2.75) is 17.7 Å². The second-order valence-electron chi connectivity index (χ2n) is 8.07. The van der Waals surface area contributed by atoms with Crippen molar-refractivity contribution in [1.82, 2.24) is 9.55 Å². The van der Waals surface area contributed by atoms with Crippen LogP contribution in [0.15, 0.2) is 47.6 Å². The van der Waals surface area contributed by atoms with Crippen molar-refractivity contribution in [3.63, 3.8) is 0 Å². The summed E-state index contributed by atoms with van der Waals surface area (Å²) in [5, 5.41) is 2.82. The number of rotatable bonds is 6. The number of halogens is 3. The van der Waals surface area contributed by atoms with Gasteiger partial charge in [-0.2, -0.15) is 0 Å². The Morgan fingerprint density at radius 3 is 2.53 bits per heavy atom. The maximum atomic E-state index is 13.2. The molecule has 4 rings (SSSR count). The molecule has 0 aliphatic carbocycles. The lowest BCUT2D eigenvalue weighted by molar-refractivity contribution is -0.0263. The van der Waals surface area contributed by atoms with Gasteiger partial charge in [0, 0.05) is 34.9 Å². The number of alkyl halides is 2. The highest BCUT2D eigenvalue weighted by Crippen LogP contribution is 2.35. The van der Waals surface area contributed by atoms with Crippen LogP contribution in [0.4, 0.5) is 20.2 Å². The molecule has 2 aromatic heterocycles. The van der Waals surface area contributed by atoms with Crippen molar-refractivity contribution in [3.8, 4) is 11.6 Å². The van der Waals surface area contributed by atoms with E-state index < -0.39 is 21.7 Å². The molecule has 1 fully saturated rings. The first-order valence-corrected chi connectivity index (χ1v) is 12.3. The molecule has 0 unspecified atom stereocenters. The summed E-state index contributed by atoms with van der Waals surface area (Å²) in [6.07, 6.45) is 4.08. The van der Waals surface area contributed by atoms with E-state index in [4.69, 9.17) is 16.3 Å². The predicted octanol–water partition coefficient (Wildman–Crippen LogP) is 3.95. The van der Waals surface area contributed by atoms with Crippen molar-refractivity contribution in [2.24, 2.45) is 0 Å². The fourth-order valence-corrected chi connectivity index (χ4v) is 4.59. The van der Waals surface area contributed by atoms with Gasteiger partial charge in [-0.15, -0.1) is 0 Å². The predicted molar refractivity (Wildman–Crippen MR) is 125 cm³/mol. The van der Waals surface area contributed by atoms with Crippen LogP contribution in [-0.4, -0.2) is 56.3 Å². The lowest BCUT2D eigenvalue weighted by atomic mass is 10.1. The lowest BCUT2D eigenvalue weighted by Crippen LogP contribution is -2.56. The van der Waals surface area contributed by atoms with E-state index in [9.17, 15) is 22.0 Å². The van der Waals surface area contributed by atoms with Gasteiger partial charge in [0.25, 0.3) is 11.8 Å². The van der Waals surface area contributed by atoms with E-state index in [-0.39, 0.29) is 34.3 Å². The van der Waals surface area contributed by atoms with Crippen LogP contribution in [0, 0.1) is 6.92 Å². The topological polar surface area (TPSA) is 93.5 Å². The van der Waals surface area contributed by atoms with Gasteiger partial charge in [0.1, 0.15) is 0 Å². The molecule has 1 aromatic carbocycles. The van der Waals surface area contributed by atoms with E-state index in [1.807, 2.05) is 0 Å². The summed E-state index contributed by atoms with van der Waals surface area (Å²) < 4.78 is 57.2. The zero-order valence-corrected chi connectivity index (χ0v) is 20.0. The van der Waals surface area contributed by atoms with Crippen LogP contribution in [-0.2, 0) is 9.84 Å². The van der Waals surface area contributed by atoms with Crippen LogP contribution >= 0.6 is 11.6 Å². The highest BCUT2D eigenvalue weighted by Gasteiger charge is 2.44. The standard InChI is InChI=1S/C22H21ClF2N4O4S/c1-13-4-14(21(30)27-16-5-15(23)6-18(7-16)34(3,31)32)10-29(13)20-19(33-2)8-17(9-26-20)28-11-22(24,25)12-28/h4-10H,11-12H2,1-3H3,(H,27,30). The van der Waals surface area contributed by atoms with Gasteiger partial charge in [-0.1, -0.05) is 11.6 Å². The van der Waals surface area contributed by atoms with Gasteiger partial charge in [0.05, 0.1) is 42.5 Å². The summed E-state index contributed by atoms with van der Waals surface area (Å²) in [6.45, 7) is 1.01. The lowest BCUT2D eigenvalue weighted by Gasteiger charge is -2.40. The Bertz CT molecular complexity index is 1380. The number of hydrogen-bond acceptors (Lipinski definition) is 6. The van der Waals surface area contributed by atoms with Gasteiger partial charge in [-0.3, -0.25) is 4.79 Å². The minimum absolute atomic E-state index is 0.0157. The third kappa shape index (κ3) is 4.85. The van der Waals surface area contributed by atoms with Gasteiger partial charge >= 0.3 is 0 Å². The molecular formula is C22H21ClF2N4O4S. The van der Waals surface area contributed by atoms with Gasteiger partial charge in [0.2, 0.25) is 0 Å². The number of nitrogens with one attached hydrogen (secondary N) is 1. The van der Waals surface area contributed by atoms with Crippen LogP contribution in [0.2, 0.25) is 5.02 Å². The van der Waals surface area contributed by atoms with E-state index in [0.29, 0.717) is 22.9 Å². The number of methoxy groups -OCH3 is 1. The second kappa shape index (κ2) is 8.55. The zero-order chi connectivity index (χ0) is 24.8. The molecule has 8 nitrogen and oxygen atoms in total. The number of benzene rings is 1. The molecule has 12 heteroatoms. The number of nitrogens with zero attached hydrogens (tertiary/aromatic N) is 3. The first kappa shape index (κ1) is 24.0. The van der Waals surface area contributed by atoms with Crippen LogP contribution in [0.25, 0.3) is 5.82 Å². The molecule has 0 saturated carbocycles. The Morgan fingerprint density at radius 2 is 1.91 bits per heavy atom. The maximum absolute atomic E-state index is 13.2. The van der Waals surface area contributed by atoms with Crippen molar-refractivity contribution in [3.05, 3.63) is 59.0 Å². The average Bonchev–Trinajstić information content (AvgIpc) is 3.12. The summed E-state index contributed by atoms with van der Waals surface area (Å²) in [5.41, 5.74) is 1.70. The fraction of sp³-hybridized carbons (Fsp3) is 0.273. The molecule has 1 N–H and O–H groups in total. The largest absolute Gasteiger partial charge is 0.493 e.